The van der Waals surface area contributed by atoms with E-state index in [4.69, 9.17) is 18.9 Å². The number of nitrogens with zero attached hydrogens (tertiary/aromatic N) is 1. The van der Waals surface area contributed by atoms with E-state index in [1.807, 2.05) is 0 Å². The molecular formula is C26H30N4O8. The van der Waals surface area contributed by atoms with E-state index in [2.05, 4.69) is 21.2 Å². The third kappa shape index (κ3) is 7.23. The summed E-state index contributed by atoms with van der Waals surface area (Å²) in [5.41, 5.74) is 4.30. The number of aliphatic hydroxyl groups is 1. The maximum absolute atomic E-state index is 12.4. The molecule has 1 aliphatic heterocycles. The van der Waals surface area contributed by atoms with Crippen LogP contribution in [0.1, 0.15) is 37.9 Å². The lowest BCUT2D eigenvalue weighted by Gasteiger charge is -2.28. The van der Waals surface area contributed by atoms with E-state index in [0.717, 1.165) is 0 Å². The van der Waals surface area contributed by atoms with Gasteiger partial charge in [-0.25, -0.2) is 9.59 Å². The Hall–Kier alpha value is -4.58. The highest BCUT2D eigenvalue weighted by atomic mass is 16.5. The van der Waals surface area contributed by atoms with Crippen LogP contribution in [0.15, 0.2) is 58.8 Å². The summed E-state index contributed by atoms with van der Waals surface area (Å²) >= 11 is 0. The first-order valence-corrected chi connectivity index (χ1v) is 11.7. The molecule has 0 bridgehead atoms. The number of carbonyl (C=O) groups excluding carboxylic acids is 3. The van der Waals surface area contributed by atoms with Crippen molar-refractivity contribution in [2.45, 2.75) is 33.0 Å². The summed E-state index contributed by atoms with van der Waals surface area (Å²) in [5.74, 6) is -0.0166. The van der Waals surface area contributed by atoms with Gasteiger partial charge in [-0.2, -0.15) is 5.10 Å². The Labute approximate surface area is 219 Å². The molecular weight excluding hydrogens is 496 g/mol. The zero-order valence-corrected chi connectivity index (χ0v) is 21.4. The number of esters is 2. The van der Waals surface area contributed by atoms with Crippen LogP contribution >= 0.6 is 0 Å². The van der Waals surface area contributed by atoms with E-state index in [1.165, 1.54) is 20.2 Å². The number of para-hydroxylation sites is 1. The Kier molecular flexibility index (Phi) is 9.66. The second-order valence-corrected chi connectivity index (χ2v) is 8.05. The van der Waals surface area contributed by atoms with Gasteiger partial charge in [-0.05, 0) is 43.7 Å². The van der Waals surface area contributed by atoms with E-state index in [1.54, 1.807) is 56.3 Å². The number of allylic oxidation sites excluding steroid dienone is 1. The molecule has 38 heavy (non-hydrogen) atoms. The third-order valence-corrected chi connectivity index (χ3v) is 5.27. The number of hydrazone groups is 1. The van der Waals surface area contributed by atoms with Gasteiger partial charge in [0.25, 0.3) is 0 Å². The highest BCUT2D eigenvalue weighted by Crippen LogP contribution is 2.34. The number of urea groups is 1. The lowest BCUT2D eigenvalue weighted by molar-refractivity contribution is -0.136. The van der Waals surface area contributed by atoms with Gasteiger partial charge in [-0.15, -0.1) is 0 Å². The SMILES string of the molecule is CCOc1cc([C@@H]2NC(=O)NC(C)=C2C(=O)OC)ccc1OC[C@@H](O)N/N=C/c1ccccc1OC(C)=O. The number of benzene rings is 2. The second kappa shape index (κ2) is 13.1. The summed E-state index contributed by atoms with van der Waals surface area (Å²) in [7, 11) is 1.26. The van der Waals surface area contributed by atoms with Crippen LogP contribution < -0.4 is 30.3 Å². The van der Waals surface area contributed by atoms with Gasteiger partial charge in [0.2, 0.25) is 0 Å². The van der Waals surface area contributed by atoms with Crippen LogP contribution in [0.25, 0.3) is 0 Å². The molecule has 0 fully saturated rings. The number of aliphatic hydroxyl groups excluding tert-OH is 1. The molecule has 0 spiro atoms. The average molecular weight is 527 g/mol. The monoisotopic (exact) mass is 526 g/mol. The van der Waals surface area contributed by atoms with Crippen LogP contribution in [0.2, 0.25) is 0 Å². The van der Waals surface area contributed by atoms with Crippen molar-refractivity contribution in [2.24, 2.45) is 5.10 Å². The standard InChI is InChI=1S/C26H30N4O8/c1-5-36-21-12-17(24-23(25(33)35-4)15(2)28-26(34)29-24)10-11-20(21)37-14-22(32)30-27-13-18-8-6-7-9-19(18)38-16(3)31/h6-13,22,24,30,32H,5,14H2,1-4H3,(H2,28,29,34)/b27-13+/t22-,24+/m1/s1. The Bertz CT molecular complexity index is 1240. The lowest BCUT2D eigenvalue weighted by Crippen LogP contribution is -2.45. The quantitative estimate of drug-likeness (QED) is 0.113. The number of ether oxygens (including phenoxy) is 4. The van der Waals surface area contributed by atoms with E-state index in [0.29, 0.717) is 40.7 Å². The number of hydrogen-bond donors (Lipinski definition) is 4. The molecule has 1 heterocycles. The van der Waals surface area contributed by atoms with Crippen molar-refractivity contribution in [3.8, 4) is 17.2 Å². The highest BCUT2D eigenvalue weighted by molar-refractivity contribution is 5.95. The molecule has 1 aliphatic rings. The predicted molar refractivity (Wildman–Crippen MR) is 137 cm³/mol. The van der Waals surface area contributed by atoms with Gasteiger partial charge < -0.3 is 34.7 Å². The van der Waals surface area contributed by atoms with Gasteiger partial charge >= 0.3 is 18.0 Å². The Morgan fingerprint density at radius 2 is 1.92 bits per heavy atom. The molecule has 2 aromatic rings. The molecule has 0 aromatic heterocycles. The molecule has 0 saturated heterocycles. The fraction of sp³-hybridized carbons (Fsp3) is 0.308. The van der Waals surface area contributed by atoms with Crippen LogP contribution in [0.3, 0.4) is 0 Å². The minimum atomic E-state index is -1.18. The van der Waals surface area contributed by atoms with Crippen molar-refractivity contribution in [2.75, 3.05) is 20.3 Å². The topological polar surface area (TPSA) is 157 Å². The largest absolute Gasteiger partial charge is 0.490 e. The maximum atomic E-state index is 12.4. The molecule has 12 nitrogen and oxygen atoms in total. The minimum Gasteiger partial charge on any atom is -0.490 e. The summed E-state index contributed by atoms with van der Waals surface area (Å²) in [4.78, 5) is 35.7. The van der Waals surface area contributed by atoms with Crippen molar-refractivity contribution >= 4 is 24.2 Å². The number of carbonyl (C=O) groups is 3. The first-order chi connectivity index (χ1) is 18.2. The molecule has 2 aromatic carbocycles. The minimum absolute atomic E-state index is 0.182. The molecule has 202 valence electrons. The van der Waals surface area contributed by atoms with Crippen LogP contribution in [0, 0.1) is 0 Å². The summed E-state index contributed by atoms with van der Waals surface area (Å²) in [6.45, 7) is 4.85. The fourth-order valence-corrected chi connectivity index (χ4v) is 3.65. The van der Waals surface area contributed by atoms with E-state index in [9.17, 15) is 19.5 Å². The molecule has 0 aliphatic carbocycles. The number of amides is 2. The Balaban J connectivity index is 1.70. The number of hydrogen-bond acceptors (Lipinski definition) is 10. The molecule has 4 N–H and O–H groups in total. The second-order valence-electron chi connectivity index (χ2n) is 8.05. The normalized spacial score (nSPS) is 15.8. The summed E-state index contributed by atoms with van der Waals surface area (Å²) in [6.07, 6.45) is 0.227. The molecule has 12 heteroatoms. The van der Waals surface area contributed by atoms with Crippen molar-refractivity contribution < 1.29 is 38.4 Å². The number of rotatable bonds is 11. The molecule has 0 radical (unpaired) electrons. The van der Waals surface area contributed by atoms with Crippen LogP contribution in [-0.2, 0) is 14.3 Å². The summed E-state index contributed by atoms with van der Waals surface area (Å²) in [5, 5.41) is 19.5. The zero-order chi connectivity index (χ0) is 27.7. The van der Waals surface area contributed by atoms with Crippen LogP contribution in [-0.4, -0.2) is 55.8 Å². The van der Waals surface area contributed by atoms with Gasteiger partial charge in [0.1, 0.15) is 12.4 Å². The molecule has 0 unspecified atom stereocenters. The van der Waals surface area contributed by atoms with Crippen molar-refractivity contribution in [3.63, 3.8) is 0 Å². The van der Waals surface area contributed by atoms with Gasteiger partial charge in [-0.1, -0.05) is 18.2 Å². The molecule has 3 rings (SSSR count). The molecule has 2 atom stereocenters. The van der Waals surface area contributed by atoms with Gasteiger partial charge in [0.05, 0.1) is 31.5 Å². The van der Waals surface area contributed by atoms with Crippen molar-refractivity contribution in [3.05, 3.63) is 64.9 Å². The van der Waals surface area contributed by atoms with E-state index in [-0.39, 0.29) is 12.2 Å². The molecule has 0 saturated carbocycles. The van der Waals surface area contributed by atoms with E-state index >= 15 is 0 Å². The first-order valence-electron chi connectivity index (χ1n) is 11.7. The molecule has 2 amide bonds. The van der Waals surface area contributed by atoms with Crippen LogP contribution in [0.5, 0.6) is 17.2 Å². The smallest absolute Gasteiger partial charge is 0.337 e. The predicted octanol–water partition coefficient (Wildman–Crippen LogP) is 2.13. The average Bonchev–Trinajstić information content (AvgIpc) is 2.88. The Morgan fingerprint density at radius 1 is 1.16 bits per heavy atom. The fourth-order valence-electron chi connectivity index (χ4n) is 3.65. The van der Waals surface area contributed by atoms with Gasteiger partial charge in [-0.3, -0.25) is 10.2 Å². The van der Waals surface area contributed by atoms with Crippen molar-refractivity contribution in [1.82, 2.24) is 16.1 Å². The van der Waals surface area contributed by atoms with Crippen LogP contribution in [0.4, 0.5) is 4.79 Å². The summed E-state index contributed by atoms with van der Waals surface area (Å²) < 4.78 is 21.4. The van der Waals surface area contributed by atoms with Crippen molar-refractivity contribution in [1.29, 1.82) is 0 Å². The van der Waals surface area contributed by atoms with E-state index < -0.39 is 30.2 Å². The zero-order valence-electron chi connectivity index (χ0n) is 21.4. The third-order valence-electron chi connectivity index (χ3n) is 5.27. The number of methoxy groups -OCH3 is 1. The number of nitrogens with one attached hydrogen (secondary N) is 3. The lowest BCUT2D eigenvalue weighted by atomic mass is 9.95. The first kappa shape index (κ1) is 28.0. The van der Waals surface area contributed by atoms with Gasteiger partial charge in [0.15, 0.2) is 17.7 Å². The highest BCUT2D eigenvalue weighted by Gasteiger charge is 2.32. The summed E-state index contributed by atoms with van der Waals surface area (Å²) in [6, 6.07) is 10.5. The Morgan fingerprint density at radius 3 is 2.63 bits per heavy atom. The maximum Gasteiger partial charge on any atom is 0.337 e. The van der Waals surface area contributed by atoms with Gasteiger partial charge in [0, 0.05) is 18.2 Å².